The lowest BCUT2D eigenvalue weighted by Gasteiger charge is -2.00. The van der Waals surface area contributed by atoms with Crippen LogP contribution in [-0.2, 0) is 9.59 Å². The fourth-order valence-corrected chi connectivity index (χ4v) is 2.02. The molecular formula is C7H10O2S. The topological polar surface area (TPSA) is 34.1 Å². The highest BCUT2D eigenvalue weighted by molar-refractivity contribution is 8.14. The molecule has 1 aliphatic heterocycles. The van der Waals surface area contributed by atoms with Gasteiger partial charge in [0.1, 0.15) is 5.78 Å². The van der Waals surface area contributed by atoms with E-state index in [0.29, 0.717) is 18.6 Å². The van der Waals surface area contributed by atoms with Gasteiger partial charge in [-0.15, -0.1) is 0 Å². The molecule has 1 rings (SSSR count). The minimum Gasteiger partial charge on any atom is -0.299 e. The summed E-state index contributed by atoms with van der Waals surface area (Å²) in [7, 11) is 0. The lowest BCUT2D eigenvalue weighted by molar-refractivity contribution is -0.123. The van der Waals surface area contributed by atoms with Gasteiger partial charge in [0.25, 0.3) is 0 Å². The summed E-state index contributed by atoms with van der Waals surface area (Å²) in [5.74, 6) is 0.978. The first-order chi connectivity index (χ1) is 4.74. The lowest BCUT2D eigenvalue weighted by Crippen LogP contribution is -2.12. The molecule has 0 aliphatic carbocycles. The molecule has 2 nitrogen and oxygen atoms in total. The number of rotatable bonds is 2. The molecule has 0 aromatic rings. The normalized spacial score (nSPS) is 25.3. The van der Waals surface area contributed by atoms with Gasteiger partial charge in [-0.2, -0.15) is 0 Å². The maximum atomic E-state index is 11.0. The fourth-order valence-electron chi connectivity index (χ4n) is 1.01. The molecule has 1 aliphatic rings. The van der Waals surface area contributed by atoms with Crippen LogP contribution in [0.2, 0.25) is 0 Å². The highest BCUT2D eigenvalue weighted by atomic mass is 32.2. The molecule has 1 fully saturated rings. The summed E-state index contributed by atoms with van der Waals surface area (Å²) in [4.78, 5) is 21.7. The van der Waals surface area contributed by atoms with Crippen LogP contribution in [0, 0.1) is 5.92 Å². The summed E-state index contributed by atoms with van der Waals surface area (Å²) in [6, 6.07) is 0. The summed E-state index contributed by atoms with van der Waals surface area (Å²) in [6.45, 7) is 1.84. The minimum absolute atomic E-state index is 0.0301. The molecule has 0 bridgehead atoms. The van der Waals surface area contributed by atoms with Gasteiger partial charge in [0.2, 0.25) is 0 Å². The van der Waals surface area contributed by atoms with Crippen molar-refractivity contribution in [1.82, 2.24) is 0 Å². The summed E-state index contributed by atoms with van der Waals surface area (Å²) in [5, 5.41) is 0.173. The van der Waals surface area contributed by atoms with Gasteiger partial charge < -0.3 is 0 Å². The van der Waals surface area contributed by atoms with Gasteiger partial charge in [0, 0.05) is 24.5 Å². The van der Waals surface area contributed by atoms with E-state index in [9.17, 15) is 9.59 Å². The number of thioether (sulfide) groups is 1. The molecule has 1 heterocycles. The number of Topliss-reactive ketones (excluding diaryl/α,β-unsaturated/α-hetero) is 1. The van der Waals surface area contributed by atoms with Crippen molar-refractivity contribution in [3.05, 3.63) is 0 Å². The van der Waals surface area contributed by atoms with Crippen LogP contribution in [-0.4, -0.2) is 16.7 Å². The Bertz CT molecular complexity index is 165. The number of ketones is 1. The fraction of sp³-hybridized carbons (Fsp3) is 0.714. The van der Waals surface area contributed by atoms with Crippen LogP contribution < -0.4 is 0 Å². The van der Waals surface area contributed by atoms with Crippen LogP contribution in [0.5, 0.6) is 0 Å². The number of carbonyl (C=O) groups excluding carboxylic acids is 2. The van der Waals surface area contributed by atoms with E-state index in [1.807, 2.05) is 6.92 Å². The van der Waals surface area contributed by atoms with Crippen molar-refractivity contribution in [3.63, 3.8) is 0 Å². The average Bonchev–Trinajstić information content (AvgIpc) is 2.34. The molecule has 0 N–H and O–H groups in total. The quantitative estimate of drug-likeness (QED) is 0.606. The standard InChI is InChI=1S/C7H10O2S/c1-2-6(8)5-3-7(9)10-4-5/h5H,2-4H2,1H3. The molecule has 1 atom stereocenters. The molecule has 0 amide bonds. The Morgan fingerprint density at radius 3 is 2.90 bits per heavy atom. The van der Waals surface area contributed by atoms with Crippen LogP contribution in [0.1, 0.15) is 19.8 Å². The first-order valence-electron chi connectivity index (χ1n) is 3.42. The first kappa shape index (κ1) is 7.79. The van der Waals surface area contributed by atoms with E-state index < -0.39 is 0 Å². The summed E-state index contributed by atoms with van der Waals surface area (Å²) in [6.07, 6.45) is 1.04. The Kier molecular flexibility index (Phi) is 2.49. The molecule has 1 saturated heterocycles. The van der Waals surface area contributed by atoms with Crippen molar-refractivity contribution in [1.29, 1.82) is 0 Å². The average molecular weight is 158 g/mol. The Hall–Kier alpha value is -0.310. The Balaban J connectivity index is 2.44. The largest absolute Gasteiger partial charge is 0.299 e. The van der Waals surface area contributed by atoms with E-state index in [-0.39, 0.29) is 16.8 Å². The van der Waals surface area contributed by atoms with Gasteiger partial charge >= 0.3 is 0 Å². The predicted molar refractivity (Wildman–Crippen MR) is 40.9 cm³/mol. The Morgan fingerprint density at radius 2 is 2.50 bits per heavy atom. The SMILES string of the molecule is CCC(=O)C1CSC(=O)C1. The Labute approximate surface area is 64.4 Å². The summed E-state index contributed by atoms with van der Waals surface area (Å²) < 4.78 is 0. The molecule has 0 saturated carbocycles. The van der Waals surface area contributed by atoms with Crippen molar-refractivity contribution in [2.75, 3.05) is 5.75 Å². The van der Waals surface area contributed by atoms with Crippen LogP contribution in [0.4, 0.5) is 0 Å². The van der Waals surface area contributed by atoms with Crippen LogP contribution in [0.15, 0.2) is 0 Å². The van der Waals surface area contributed by atoms with Gasteiger partial charge in [-0.3, -0.25) is 9.59 Å². The second-order valence-electron chi connectivity index (χ2n) is 2.40. The van der Waals surface area contributed by atoms with Crippen molar-refractivity contribution in [3.8, 4) is 0 Å². The van der Waals surface area contributed by atoms with Crippen molar-refractivity contribution in [2.45, 2.75) is 19.8 Å². The van der Waals surface area contributed by atoms with Crippen molar-refractivity contribution >= 4 is 22.7 Å². The van der Waals surface area contributed by atoms with Crippen LogP contribution in [0.25, 0.3) is 0 Å². The van der Waals surface area contributed by atoms with Gasteiger partial charge in [0.05, 0.1) is 0 Å². The number of hydrogen-bond acceptors (Lipinski definition) is 3. The third-order valence-electron chi connectivity index (χ3n) is 1.66. The smallest absolute Gasteiger partial charge is 0.189 e. The zero-order chi connectivity index (χ0) is 7.56. The van der Waals surface area contributed by atoms with E-state index in [1.54, 1.807) is 0 Å². The second kappa shape index (κ2) is 3.19. The van der Waals surface area contributed by atoms with Crippen molar-refractivity contribution < 1.29 is 9.59 Å². The second-order valence-corrected chi connectivity index (χ2v) is 3.48. The first-order valence-corrected chi connectivity index (χ1v) is 4.41. The highest BCUT2D eigenvalue weighted by Crippen LogP contribution is 2.26. The molecule has 3 heteroatoms. The van der Waals surface area contributed by atoms with Crippen molar-refractivity contribution in [2.24, 2.45) is 5.92 Å². The lowest BCUT2D eigenvalue weighted by atomic mass is 10.0. The molecule has 0 aromatic heterocycles. The van der Waals surface area contributed by atoms with Gasteiger partial charge in [0.15, 0.2) is 5.12 Å². The molecule has 0 spiro atoms. The molecular weight excluding hydrogens is 148 g/mol. The van der Waals surface area contributed by atoms with E-state index in [2.05, 4.69) is 0 Å². The van der Waals surface area contributed by atoms with Gasteiger partial charge in [-0.1, -0.05) is 18.7 Å². The third kappa shape index (κ3) is 1.59. The zero-order valence-electron chi connectivity index (χ0n) is 5.92. The molecule has 0 radical (unpaired) electrons. The summed E-state index contributed by atoms with van der Waals surface area (Å²) in [5.41, 5.74) is 0. The molecule has 10 heavy (non-hydrogen) atoms. The highest BCUT2D eigenvalue weighted by Gasteiger charge is 2.27. The molecule has 56 valence electrons. The van der Waals surface area contributed by atoms with E-state index >= 15 is 0 Å². The van der Waals surface area contributed by atoms with Gasteiger partial charge in [-0.05, 0) is 0 Å². The number of hydrogen-bond donors (Lipinski definition) is 0. The molecule has 0 aromatic carbocycles. The Morgan fingerprint density at radius 1 is 1.80 bits per heavy atom. The van der Waals surface area contributed by atoms with E-state index in [4.69, 9.17) is 0 Å². The number of carbonyl (C=O) groups is 2. The maximum absolute atomic E-state index is 11.0. The minimum atomic E-state index is 0.0301. The maximum Gasteiger partial charge on any atom is 0.189 e. The zero-order valence-corrected chi connectivity index (χ0v) is 6.74. The summed E-state index contributed by atoms with van der Waals surface area (Å²) >= 11 is 1.29. The monoisotopic (exact) mass is 158 g/mol. The third-order valence-corrected chi connectivity index (χ3v) is 2.72. The van der Waals surface area contributed by atoms with Crippen LogP contribution >= 0.6 is 11.8 Å². The predicted octanol–water partition coefficient (Wildman–Crippen LogP) is 1.25. The van der Waals surface area contributed by atoms with E-state index in [0.717, 1.165) is 0 Å². The molecule has 1 unspecified atom stereocenters. The van der Waals surface area contributed by atoms with Gasteiger partial charge in [-0.25, -0.2) is 0 Å². The van der Waals surface area contributed by atoms with Crippen LogP contribution in [0.3, 0.4) is 0 Å². The van der Waals surface area contributed by atoms with E-state index in [1.165, 1.54) is 11.8 Å².